The zero-order valence-corrected chi connectivity index (χ0v) is 17.3. The zero-order valence-electron chi connectivity index (χ0n) is 16.5. The molecule has 0 spiro atoms. The minimum Gasteiger partial charge on any atom is -0.465 e. The van der Waals surface area contributed by atoms with Crippen LogP contribution in [0.15, 0.2) is 82.3 Å². The second-order valence-corrected chi connectivity index (χ2v) is 8.95. The Morgan fingerprint density at radius 2 is 1.70 bits per heavy atom. The summed E-state index contributed by atoms with van der Waals surface area (Å²) in [4.78, 5) is 12.3. The molecule has 1 aromatic heterocycles. The number of benzene rings is 2. The summed E-state index contributed by atoms with van der Waals surface area (Å²) in [5, 5.41) is 12.4. The third kappa shape index (κ3) is 5.92. The number of carbonyl (C=O) groups excluding carboxylic acids is 1. The van der Waals surface area contributed by atoms with Crippen molar-refractivity contribution in [2.75, 3.05) is 12.9 Å². The number of sulfone groups is 1. The molecule has 6 nitrogen and oxygen atoms in total. The van der Waals surface area contributed by atoms with E-state index >= 15 is 0 Å². The number of aliphatic hydroxyl groups excluding tert-OH is 1. The molecule has 0 radical (unpaired) electrons. The first-order valence-electron chi connectivity index (χ1n) is 9.37. The largest absolute Gasteiger partial charge is 0.465 e. The van der Waals surface area contributed by atoms with Gasteiger partial charge in [0.1, 0.15) is 5.76 Å². The van der Waals surface area contributed by atoms with Crippen LogP contribution in [0, 0.1) is 0 Å². The van der Waals surface area contributed by atoms with Gasteiger partial charge in [-0.1, -0.05) is 36.4 Å². The number of amides is 1. The van der Waals surface area contributed by atoms with E-state index in [-0.39, 0.29) is 17.4 Å². The summed E-state index contributed by atoms with van der Waals surface area (Å²) in [7, 11) is -3.22. The lowest BCUT2D eigenvalue weighted by atomic mass is 10.0. The molecule has 156 valence electrons. The Bertz CT molecular complexity index is 1100. The first kappa shape index (κ1) is 21.5. The molecular weight excluding hydrogens is 402 g/mol. The third-order valence-electron chi connectivity index (χ3n) is 4.56. The summed E-state index contributed by atoms with van der Waals surface area (Å²) in [5.41, 5.74) is 2.81. The van der Waals surface area contributed by atoms with Gasteiger partial charge in [0.2, 0.25) is 5.91 Å². The lowest BCUT2D eigenvalue weighted by Gasteiger charge is -2.15. The summed E-state index contributed by atoms with van der Waals surface area (Å²) in [6.45, 7) is -0.185. The molecule has 1 atom stereocenters. The van der Waals surface area contributed by atoms with E-state index in [2.05, 4.69) is 5.32 Å². The molecule has 0 aliphatic carbocycles. The Balaban J connectivity index is 1.61. The van der Waals surface area contributed by atoms with Crippen LogP contribution in [-0.4, -0.2) is 38.3 Å². The van der Waals surface area contributed by atoms with Gasteiger partial charge in [-0.25, -0.2) is 8.42 Å². The quantitative estimate of drug-likeness (QED) is 0.541. The maximum Gasteiger partial charge on any atom is 0.244 e. The Morgan fingerprint density at radius 1 is 1.07 bits per heavy atom. The van der Waals surface area contributed by atoms with Gasteiger partial charge in [0.15, 0.2) is 9.84 Å². The molecular formula is C23H23NO5S. The van der Waals surface area contributed by atoms with E-state index < -0.39 is 15.9 Å². The fourth-order valence-electron chi connectivity index (χ4n) is 2.97. The predicted molar refractivity (Wildman–Crippen MR) is 115 cm³/mol. The van der Waals surface area contributed by atoms with Crippen molar-refractivity contribution in [1.82, 2.24) is 5.32 Å². The molecule has 2 N–H and O–H groups in total. The Morgan fingerprint density at radius 3 is 2.23 bits per heavy atom. The van der Waals surface area contributed by atoms with Crippen LogP contribution in [0.2, 0.25) is 0 Å². The van der Waals surface area contributed by atoms with Crippen molar-refractivity contribution in [2.24, 2.45) is 0 Å². The standard InChI is InChI=1S/C23H23NO5S/c1-30(27,28)22-11-8-19(9-12-22)18-6-4-17(5-7-18)15-20(16-25)24-23(26)13-10-21-3-2-14-29-21/h2-14,20,25H,15-16H2,1H3,(H,24,26)/b13-10+/t20-/m0/s1. The average molecular weight is 426 g/mol. The number of hydrogen-bond acceptors (Lipinski definition) is 5. The van der Waals surface area contributed by atoms with Gasteiger partial charge >= 0.3 is 0 Å². The minimum atomic E-state index is -3.22. The number of aliphatic hydroxyl groups is 1. The van der Waals surface area contributed by atoms with E-state index in [1.54, 1.807) is 42.5 Å². The minimum absolute atomic E-state index is 0.185. The van der Waals surface area contributed by atoms with Crippen molar-refractivity contribution in [2.45, 2.75) is 17.4 Å². The SMILES string of the molecule is CS(=O)(=O)c1ccc(-c2ccc(C[C@@H](CO)NC(=O)/C=C/c3ccco3)cc2)cc1. The maximum atomic E-state index is 12.0. The van der Waals surface area contributed by atoms with Gasteiger partial charge in [-0.2, -0.15) is 0 Å². The first-order valence-corrected chi connectivity index (χ1v) is 11.3. The van der Waals surface area contributed by atoms with Crippen LogP contribution >= 0.6 is 0 Å². The fraction of sp³-hybridized carbons (Fsp3) is 0.174. The summed E-state index contributed by atoms with van der Waals surface area (Å²) in [6.07, 6.45) is 6.11. The highest BCUT2D eigenvalue weighted by molar-refractivity contribution is 7.90. The van der Waals surface area contributed by atoms with Crippen LogP contribution in [0.4, 0.5) is 0 Å². The number of hydrogen-bond donors (Lipinski definition) is 2. The smallest absolute Gasteiger partial charge is 0.244 e. The molecule has 30 heavy (non-hydrogen) atoms. The van der Waals surface area contributed by atoms with Crippen molar-refractivity contribution >= 4 is 21.8 Å². The average Bonchev–Trinajstić information content (AvgIpc) is 3.25. The van der Waals surface area contributed by atoms with E-state index in [0.717, 1.165) is 16.7 Å². The molecule has 3 aromatic rings. The molecule has 1 amide bonds. The molecule has 0 aliphatic heterocycles. The van der Waals surface area contributed by atoms with Crippen LogP contribution in [-0.2, 0) is 21.1 Å². The van der Waals surface area contributed by atoms with Crippen molar-refractivity contribution in [3.63, 3.8) is 0 Å². The molecule has 1 heterocycles. The van der Waals surface area contributed by atoms with Crippen molar-refractivity contribution in [1.29, 1.82) is 0 Å². The van der Waals surface area contributed by atoms with Crippen LogP contribution in [0.25, 0.3) is 17.2 Å². The van der Waals surface area contributed by atoms with Gasteiger partial charge in [0, 0.05) is 12.3 Å². The summed E-state index contributed by atoms with van der Waals surface area (Å²) >= 11 is 0. The molecule has 0 unspecified atom stereocenters. The molecule has 3 rings (SSSR count). The van der Waals surface area contributed by atoms with Crippen LogP contribution in [0.5, 0.6) is 0 Å². The van der Waals surface area contributed by atoms with Crippen molar-refractivity contribution < 1.29 is 22.7 Å². The summed E-state index contributed by atoms with van der Waals surface area (Å²) in [6, 6.07) is 17.5. The summed E-state index contributed by atoms with van der Waals surface area (Å²) in [5.74, 6) is 0.263. The van der Waals surface area contributed by atoms with E-state index in [9.17, 15) is 18.3 Å². The zero-order chi connectivity index (χ0) is 21.6. The van der Waals surface area contributed by atoms with Crippen molar-refractivity contribution in [3.05, 3.63) is 84.3 Å². The second kappa shape index (κ2) is 9.56. The van der Waals surface area contributed by atoms with E-state index in [0.29, 0.717) is 12.2 Å². The van der Waals surface area contributed by atoms with Crippen molar-refractivity contribution in [3.8, 4) is 11.1 Å². The molecule has 0 fully saturated rings. The molecule has 0 bridgehead atoms. The van der Waals surface area contributed by atoms with Crippen LogP contribution < -0.4 is 5.32 Å². The van der Waals surface area contributed by atoms with E-state index in [1.165, 1.54) is 18.6 Å². The molecule has 0 saturated heterocycles. The highest BCUT2D eigenvalue weighted by atomic mass is 32.2. The number of rotatable bonds is 8. The topological polar surface area (TPSA) is 96.6 Å². The Hall–Kier alpha value is -3.16. The van der Waals surface area contributed by atoms with Crippen LogP contribution in [0.1, 0.15) is 11.3 Å². The first-order chi connectivity index (χ1) is 14.3. The highest BCUT2D eigenvalue weighted by Crippen LogP contribution is 2.22. The van der Waals surface area contributed by atoms with Gasteiger partial charge in [0.25, 0.3) is 0 Å². The third-order valence-corrected chi connectivity index (χ3v) is 5.69. The van der Waals surface area contributed by atoms with E-state index in [4.69, 9.17) is 4.42 Å². The van der Waals surface area contributed by atoms with Gasteiger partial charge < -0.3 is 14.8 Å². The highest BCUT2D eigenvalue weighted by Gasteiger charge is 2.11. The number of nitrogens with one attached hydrogen (secondary N) is 1. The maximum absolute atomic E-state index is 12.0. The molecule has 2 aromatic carbocycles. The molecule has 0 saturated carbocycles. The van der Waals surface area contributed by atoms with Gasteiger partial charge in [-0.15, -0.1) is 0 Å². The van der Waals surface area contributed by atoms with E-state index in [1.807, 2.05) is 24.3 Å². The second-order valence-electron chi connectivity index (χ2n) is 6.93. The monoisotopic (exact) mass is 425 g/mol. The normalized spacial score (nSPS) is 12.7. The Kier molecular flexibility index (Phi) is 6.87. The number of carbonyl (C=O) groups is 1. The van der Waals surface area contributed by atoms with Gasteiger partial charge in [-0.05, 0) is 53.5 Å². The molecule has 7 heteroatoms. The molecule has 0 aliphatic rings. The van der Waals surface area contributed by atoms with Gasteiger partial charge in [0.05, 0.1) is 23.8 Å². The van der Waals surface area contributed by atoms with Crippen LogP contribution in [0.3, 0.4) is 0 Å². The fourth-order valence-corrected chi connectivity index (χ4v) is 3.60. The number of furan rings is 1. The predicted octanol–water partition coefficient (Wildman–Crippen LogP) is 3.08. The lowest BCUT2D eigenvalue weighted by molar-refractivity contribution is -0.117. The Labute approximate surface area is 175 Å². The van der Waals surface area contributed by atoms with Gasteiger partial charge in [-0.3, -0.25) is 4.79 Å². The summed E-state index contributed by atoms with van der Waals surface area (Å²) < 4.78 is 28.3. The lowest BCUT2D eigenvalue weighted by Crippen LogP contribution is -2.38.